The maximum atomic E-state index is 6.97. The van der Waals surface area contributed by atoms with E-state index < -0.39 is 0 Å². The van der Waals surface area contributed by atoms with Gasteiger partial charge < -0.3 is 13.9 Å². The molecule has 0 atom stereocenters. The van der Waals surface area contributed by atoms with Crippen molar-refractivity contribution >= 4 is 60.9 Å². The summed E-state index contributed by atoms with van der Waals surface area (Å²) >= 11 is 0. The summed E-state index contributed by atoms with van der Waals surface area (Å²) < 4.78 is 9.46. The van der Waals surface area contributed by atoms with Crippen LogP contribution in [-0.4, -0.2) is 4.57 Å². The Bertz CT molecular complexity index is 3100. The molecule has 0 unspecified atom stereocenters. The van der Waals surface area contributed by atoms with Crippen LogP contribution in [0, 0.1) is 0 Å². The Morgan fingerprint density at radius 2 is 1.50 bits per heavy atom. The van der Waals surface area contributed by atoms with Crippen molar-refractivity contribution < 1.29 is 4.42 Å². The topological polar surface area (TPSA) is 21.3 Å². The van der Waals surface area contributed by atoms with E-state index in [-0.39, 0.29) is 0 Å². The number of allylic oxidation sites excluding steroid dienone is 12. The van der Waals surface area contributed by atoms with Gasteiger partial charge in [-0.1, -0.05) is 158 Å². The number of anilines is 1. The van der Waals surface area contributed by atoms with Gasteiger partial charge in [0.15, 0.2) is 0 Å². The largest absolute Gasteiger partial charge is 0.459 e. The smallest absolute Gasteiger partial charge is 0.144 e. The highest BCUT2D eigenvalue weighted by atomic mass is 16.3. The molecule has 0 bridgehead atoms. The zero-order chi connectivity index (χ0) is 39.0. The van der Waals surface area contributed by atoms with Gasteiger partial charge in [-0.25, -0.2) is 0 Å². The number of fused-ring (bicyclic) bond motifs is 9. The van der Waals surface area contributed by atoms with Crippen LogP contribution in [0.25, 0.3) is 72.0 Å². The lowest BCUT2D eigenvalue weighted by molar-refractivity contribution is 0.567. The van der Waals surface area contributed by atoms with E-state index in [2.05, 4.69) is 204 Å². The highest BCUT2D eigenvalue weighted by molar-refractivity contribution is 6.27. The van der Waals surface area contributed by atoms with Crippen LogP contribution in [-0.2, 0) is 6.42 Å². The molecule has 2 aliphatic rings. The second-order valence-electron chi connectivity index (χ2n) is 14.7. The molecule has 0 radical (unpaired) electrons. The third-order valence-corrected chi connectivity index (χ3v) is 11.3. The van der Waals surface area contributed by atoms with Gasteiger partial charge in [-0.2, -0.15) is 0 Å². The fraction of sp³-hybridized carbons (Fsp3) is 0.0545. The van der Waals surface area contributed by atoms with Crippen LogP contribution in [0.5, 0.6) is 0 Å². The summed E-state index contributed by atoms with van der Waals surface area (Å²) in [5.74, 6) is 0.991. The van der Waals surface area contributed by atoms with Gasteiger partial charge in [0.05, 0.1) is 16.4 Å². The van der Waals surface area contributed by atoms with Gasteiger partial charge in [0, 0.05) is 56.5 Å². The van der Waals surface area contributed by atoms with Crippen molar-refractivity contribution in [3.05, 3.63) is 229 Å². The van der Waals surface area contributed by atoms with Crippen molar-refractivity contribution in [3.63, 3.8) is 0 Å². The monoisotopic (exact) mass is 746 g/mol. The molecule has 0 fully saturated rings. The second kappa shape index (κ2) is 14.9. The Morgan fingerprint density at radius 3 is 2.31 bits per heavy atom. The highest BCUT2D eigenvalue weighted by Gasteiger charge is 2.26. The zero-order valence-corrected chi connectivity index (χ0v) is 32.5. The predicted molar refractivity (Wildman–Crippen MR) is 247 cm³/mol. The van der Waals surface area contributed by atoms with Gasteiger partial charge >= 0.3 is 0 Å². The number of hydrogen-bond donors (Lipinski definition) is 0. The number of furan rings is 1. The summed E-state index contributed by atoms with van der Waals surface area (Å²) in [6, 6.07) is 45.8. The van der Waals surface area contributed by atoms with Crippen LogP contribution >= 0.6 is 0 Å². The van der Waals surface area contributed by atoms with E-state index in [9.17, 15) is 0 Å². The lowest BCUT2D eigenvalue weighted by atomic mass is 9.96. The number of aromatic nitrogens is 1. The highest BCUT2D eigenvalue weighted by Crippen LogP contribution is 2.46. The van der Waals surface area contributed by atoms with E-state index in [0.29, 0.717) is 0 Å². The average molecular weight is 747 g/mol. The first-order valence-electron chi connectivity index (χ1n) is 20.0. The third-order valence-electron chi connectivity index (χ3n) is 11.3. The number of para-hydroxylation sites is 1. The molecular weight excluding hydrogens is 705 g/mol. The Morgan fingerprint density at radius 1 is 0.724 bits per heavy atom. The molecule has 278 valence electrons. The van der Waals surface area contributed by atoms with Gasteiger partial charge in [-0.05, 0) is 84.0 Å². The maximum absolute atomic E-state index is 6.97. The van der Waals surface area contributed by atoms with Crippen molar-refractivity contribution in [1.82, 2.24) is 4.57 Å². The minimum absolute atomic E-state index is 0.744. The van der Waals surface area contributed by atoms with Crippen LogP contribution < -0.4 is 4.90 Å². The molecule has 2 heterocycles. The Kier molecular flexibility index (Phi) is 9.04. The van der Waals surface area contributed by atoms with Gasteiger partial charge in [0.2, 0.25) is 0 Å². The molecule has 0 amide bonds. The van der Waals surface area contributed by atoms with Crippen LogP contribution in [0.15, 0.2) is 217 Å². The number of benzene rings is 6. The summed E-state index contributed by atoms with van der Waals surface area (Å²) in [6.07, 6.45) is 27.5. The molecule has 2 aromatic heterocycles. The number of nitrogens with zero attached hydrogens (tertiary/aromatic N) is 2. The first kappa shape index (κ1) is 35.1. The first-order chi connectivity index (χ1) is 28.7. The second-order valence-corrected chi connectivity index (χ2v) is 14.7. The molecule has 8 aromatic rings. The maximum Gasteiger partial charge on any atom is 0.144 e. The third kappa shape index (κ3) is 6.00. The summed E-state index contributed by atoms with van der Waals surface area (Å²) in [7, 11) is 0. The standard InChI is InChI=1S/C55H42N2O/c1-3-5-22-42(4-2)56(43-23-11-7-12-24-43)44-25-17-21-41(31-35-44)49-37-50-47-27-13-8-14-28-51(47)58-55(50)52-48-36-32-40-20-15-16-26-46(40)53(48)57(54(49)52)45-33-29-39(30-34-45)38-18-9-6-10-19-38/h3-16,18-27,29-37H,2,17,28H2,1H3/b5-3-,42-22+. The molecule has 2 aliphatic carbocycles. The van der Waals surface area contributed by atoms with Crippen LogP contribution in [0.3, 0.4) is 0 Å². The molecule has 0 saturated carbocycles. The molecular formula is C55H42N2O. The first-order valence-corrected chi connectivity index (χ1v) is 20.0. The molecule has 10 rings (SSSR count). The van der Waals surface area contributed by atoms with E-state index in [1.807, 2.05) is 19.1 Å². The molecule has 0 N–H and O–H groups in total. The zero-order valence-electron chi connectivity index (χ0n) is 32.5. The Balaban J connectivity index is 1.25. The number of hydrogen-bond acceptors (Lipinski definition) is 2. The quantitative estimate of drug-likeness (QED) is 0.144. The normalized spacial score (nSPS) is 14.3. The number of rotatable bonds is 8. The molecule has 3 nitrogen and oxygen atoms in total. The van der Waals surface area contributed by atoms with E-state index >= 15 is 0 Å². The van der Waals surface area contributed by atoms with Gasteiger partial charge in [-0.15, -0.1) is 0 Å². The Labute approximate surface area is 339 Å². The van der Waals surface area contributed by atoms with Crippen molar-refractivity contribution in [2.75, 3.05) is 4.90 Å². The molecule has 6 aromatic carbocycles. The molecule has 0 saturated heterocycles. The molecule has 0 spiro atoms. The van der Waals surface area contributed by atoms with Gasteiger partial charge in [0.25, 0.3) is 0 Å². The molecule has 0 aliphatic heterocycles. The van der Waals surface area contributed by atoms with E-state index in [1.54, 1.807) is 0 Å². The Hall–Kier alpha value is -7.36. The van der Waals surface area contributed by atoms with E-state index in [0.717, 1.165) is 79.9 Å². The van der Waals surface area contributed by atoms with Crippen LogP contribution in [0.4, 0.5) is 5.69 Å². The van der Waals surface area contributed by atoms with Crippen LogP contribution in [0.2, 0.25) is 0 Å². The summed E-state index contributed by atoms with van der Waals surface area (Å²) in [6.45, 7) is 6.25. The molecule has 58 heavy (non-hydrogen) atoms. The van der Waals surface area contributed by atoms with E-state index in [4.69, 9.17) is 4.42 Å². The SMILES string of the molecule is C=C/C(=C\C=C/C)N(C1=CCC=C(c2cc3c4c(oc3c3c5ccc6ccccc6c5n(-c5ccc(-c6ccccc6)cc5)c23)CC=CC=C4)C=C1)c1ccccc1. The van der Waals surface area contributed by atoms with Gasteiger partial charge in [0.1, 0.15) is 11.3 Å². The lowest BCUT2D eigenvalue weighted by Gasteiger charge is -2.27. The van der Waals surface area contributed by atoms with Gasteiger partial charge in [-0.3, -0.25) is 0 Å². The summed E-state index contributed by atoms with van der Waals surface area (Å²) in [4.78, 5) is 2.28. The summed E-state index contributed by atoms with van der Waals surface area (Å²) in [5, 5.41) is 5.84. The fourth-order valence-electron chi connectivity index (χ4n) is 8.67. The van der Waals surface area contributed by atoms with Crippen molar-refractivity contribution in [3.8, 4) is 16.8 Å². The van der Waals surface area contributed by atoms with Crippen molar-refractivity contribution in [2.45, 2.75) is 19.8 Å². The predicted octanol–water partition coefficient (Wildman–Crippen LogP) is 14.9. The minimum Gasteiger partial charge on any atom is -0.459 e. The average Bonchev–Trinajstić information content (AvgIpc) is 3.56. The fourth-order valence-corrected chi connectivity index (χ4v) is 8.67. The summed E-state index contributed by atoms with van der Waals surface area (Å²) in [5.41, 5.74) is 13.4. The minimum atomic E-state index is 0.744. The van der Waals surface area contributed by atoms with Crippen molar-refractivity contribution in [1.29, 1.82) is 0 Å². The van der Waals surface area contributed by atoms with E-state index in [1.165, 1.54) is 32.8 Å². The molecule has 3 heteroatoms. The van der Waals surface area contributed by atoms with Crippen LogP contribution in [0.1, 0.15) is 30.2 Å². The lowest BCUT2D eigenvalue weighted by Crippen LogP contribution is -2.19. The van der Waals surface area contributed by atoms with Crippen molar-refractivity contribution in [2.24, 2.45) is 0 Å².